The summed E-state index contributed by atoms with van der Waals surface area (Å²) in [6.45, 7) is 0. The van der Waals surface area contributed by atoms with Crippen molar-refractivity contribution >= 4 is 58.0 Å². The monoisotopic (exact) mass is 563 g/mol. The van der Waals surface area contributed by atoms with Crippen molar-refractivity contribution in [3.05, 3.63) is 99.2 Å². The van der Waals surface area contributed by atoms with Crippen LogP contribution in [0.5, 0.6) is 17.2 Å². The van der Waals surface area contributed by atoms with Gasteiger partial charge in [0.15, 0.2) is 16.7 Å². The number of methoxy groups -OCH3 is 2. The van der Waals surface area contributed by atoms with E-state index in [2.05, 4.69) is 4.99 Å². The molecule has 0 unspecified atom stereocenters. The molecule has 0 saturated carbocycles. The van der Waals surface area contributed by atoms with Crippen LogP contribution in [0.15, 0.2) is 76.6 Å². The average molecular weight is 564 g/mol. The molecule has 8 nitrogen and oxygen atoms in total. The normalized spacial score (nSPS) is 15.6. The molecule has 0 bridgehead atoms. The van der Waals surface area contributed by atoms with E-state index in [9.17, 15) is 14.0 Å². The summed E-state index contributed by atoms with van der Waals surface area (Å²) in [7, 11) is 2.95. The smallest absolute Gasteiger partial charge is 0.343 e. The first-order chi connectivity index (χ1) is 18.8. The number of esters is 1. The number of benzene rings is 3. The van der Waals surface area contributed by atoms with E-state index in [0.29, 0.717) is 33.5 Å². The van der Waals surface area contributed by atoms with E-state index < -0.39 is 11.9 Å². The number of carbonyl (C=O) groups excluding carboxylic acids is 2. The standard InChI is InChI=1S/C28H19ClFN3O5S/c1-36-23-10-6-17(13-24(23)37-2)27(35)38-22-9-3-15(12-20(22)29)11-19-25(31)33-21(14-39-28(33)32-26(19)34)16-4-7-18(30)8-5-16/h3-14,31H,1-2H3/b19-11-,31-25?. The number of fused-ring (bicyclic) bond motifs is 1. The summed E-state index contributed by atoms with van der Waals surface area (Å²) in [5.41, 5.74) is 2.06. The van der Waals surface area contributed by atoms with Crippen molar-refractivity contribution in [1.29, 1.82) is 5.41 Å². The van der Waals surface area contributed by atoms with Gasteiger partial charge in [0.1, 0.15) is 17.4 Å². The molecule has 2 aliphatic heterocycles. The summed E-state index contributed by atoms with van der Waals surface area (Å²) >= 11 is 7.60. The first-order valence-corrected chi connectivity index (χ1v) is 12.6. The molecule has 0 fully saturated rings. The Hall–Kier alpha value is -4.41. The van der Waals surface area contributed by atoms with Gasteiger partial charge in [-0.2, -0.15) is 4.99 Å². The minimum Gasteiger partial charge on any atom is -0.493 e. The van der Waals surface area contributed by atoms with Crippen LogP contribution in [-0.4, -0.2) is 42.0 Å². The van der Waals surface area contributed by atoms with Crippen molar-refractivity contribution in [3.8, 4) is 17.2 Å². The molecule has 39 heavy (non-hydrogen) atoms. The van der Waals surface area contributed by atoms with Crippen LogP contribution in [0.1, 0.15) is 21.5 Å². The molecule has 3 aromatic carbocycles. The summed E-state index contributed by atoms with van der Waals surface area (Å²) < 4.78 is 29.3. The molecule has 0 spiro atoms. The van der Waals surface area contributed by atoms with Gasteiger partial charge in [0.05, 0.1) is 36.1 Å². The highest BCUT2D eigenvalue weighted by Gasteiger charge is 2.36. The van der Waals surface area contributed by atoms with Gasteiger partial charge in [0.2, 0.25) is 0 Å². The number of nitrogens with one attached hydrogen (secondary N) is 1. The minimum absolute atomic E-state index is 0.0420. The SMILES string of the molecule is COc1ccc(C(=O)Oc2ccc(/C=C3/C(=N)N4C(c5ccc(F)cc5)=CSC4=NC3=O)cc2Cl)cc1OC. The number of carbonyl (C=O) groups is 2. The molecule has 0 atom stereocenters. The van der Waals surface area contributed by atoms with Gasteiger partial charge < -0.3 is 14.2 Å². The molecular formula is C28H19ClFN3O5S. The molecule has 3 aromatic rings. The Morgan fingerprint density at radius 2 is 1.74 bits per heavy atom. The van der Waals surface area contributed by atoms with Crippen molar-refractivity contribution in [3.63, 3.8) is 0 Å². The number of hydrogen-bond donors (Lipinski definition) is 1. The topological polar surface area (TPSA) is 101 Å². The Balaban J connectivity index is 1.37. The predicted molar refractivity (Wildman–Crippen MR) is 148 cm³/mol. The van der Waals surface area contributed by atoms with Gasteiger partial charge in [0, 0.05) is 5.41 Å². The summed E-state index contributed by atoms with van der Waals surface area (Å²) in [6, 6.07) is 15.1. The van der Waals surface area contributed by atoms with Gasteiger partial charge >= 0.3 is 5.97 Å². The predicted octanol–water partition coefficient (Wildman–Crippen LogP) is 6.02. The molecule has 0 saturated heterocycles. The average Bonchev–Trinajstić information content (AvgIpc) is 3.36. The molecule has 0 radical (unpaired) electrons. The fourth-order valence-electron chi connectivity index (χ4n) is 3.90. The molecule has 2 aliphatic rings. The second-order valence-corrected chi connectivity index (χ2v) is 9.46. The molecule has 0 aromatic heterocycles. The number of halogens is 2. The van der Waals surface area contributed by atoms with Gasteiger partial charge in [-0.15, -0.1) is 0 Å². The third-order valence-corrected chi connectivity index (χ3v) is 6.96. The maximum atomic E-state index is 13.4. The molecular weight excluding hydrogens is 545 g/mol. The third kappa shape index (κ3) is 5.16. The van der Waals surface area contributed by atoms with Crippen molar-refractivity contribution in [1.82, 2.24) is 4.90 Å². The van der Waals surface area contributed by atoms with Gasteiger partial charge in [-0.1, -0.05) is 29.4 Å². The highest BCUT2D eigenvalue weighted by atomic mass is 35.5. The van der Waals surface area contributed by atoms with Crippen molar-refractivity contribution in [2.75, 3.05) is 14.2 Å². The Morgan fingerprint density at radius 1 is 1.03 bits per heavy atom. The van der Waals surface area contributed by atoms with E-state index in [1.54, 1.807) is 29.7 Å². The lowest BCUT2D eigenvalue weighted by Gasteiger charge is -2.27. The van der Waals surface area contributed by atoms with E-state index in [4.69, 9.17) is 31.2 Å². The largest absolute Gasteiger partial charge is 0.493 e. The number of ether oxygens (including phenoxy) is 3. The fraction of sp³-hybridized carbons (Fsp3) is 0.0714. The highest BCUT2D eigenvalue weighted by Crippen LogP contribution is 2.38. The quantitative estimate of drug-likeness (QED) is 0.222. The number of hydrogen-bond acceptors (Lipinski definition) is 7. The van der Waals surface area contributed by atoms with Crippen LogP contribution in [0.3, 0.4) is 0 Å². The van der Waals surface area contributed by atoms with E-state index in [1.807, 2.05) is 0 Å². The Bertz CT molecular complexity index is 1620. The van der Waals surface area contributed by atoms with Crippen molar-refractivity contribution in [2.45, 2.75) is 0 Å². The summed E-state index contributed by atoms with van der Waals surface area (Å²) in [4.78, 5) is 31.1. The number of nitrogens with zero attached hydrogens (tertiary/aromatic N) is 2. The number of thioether (sulfide) groups is 1. The zero-order chi connectivity index (χ0) is 27.7. The lowest BCUT2D eigenvalue weighted by atomic mass is 10.1. The Kier molecular flexibility index (Phi) is 7.23. The van der Waals surface area contributed by atoms with E-state index in [-0.39, 0.29) is 33.6 Å². The van der Waals surface area contributed by atoms with Crippen LogP contribution in [0, 0.1) is 11.2 Å². The van der Waals surface area contributed by atoms with Crippen molar-refractivity contribution in [2.24, 2.45) is 4.99 Å². The summed E-state index contributed by atoms with van der Waals surface area (Å²) in [6.07, 6.45) is 1.49. The molecule has 1 amide bonds. The Labute approximate surface area is 231 Å². The second-order valence-electron chi connectivity index (χ2n) is 8.22. The maximum absolute atomic E-state index is 13.4. The van der Waals surface area contributed by atoms with Gasteiger partial charge in [-0.3, -0.25) is 15.1 Å². The zero-order valence-corrected chi connectivity index (χ0v) is 22.1. The van der Waals surface area contributed by atoms with E-state index >= 15 is 0 Å². The van der Waals surface area contributed by atoms with Crippen LogP contribution in [0.25, 0.3) is 11.8 Å². The number of amides is 1. The highest BCUT2D eigenvalue weighted by molar-refractivity contribution is 8.17. The van der Waals surface area contributed by atoms with Crippen LogP contribution in [0.4, 0.5) is 4.39 Å². The molecule has 0 aliphatic carbocycles. The maximum Gasteiger partial charge on any atom is 0.343 e. The Morgan fingerprint density at radius 3 is 2.44 bits per heavy atom. The lowest BCUT2D eigenvalue weighted by molar-refractivity contribution is -0.114. The number of aliphatic imine (C=N–C) groups is 1. The second kappa shape index (κ2) is 10.8. The van der Waals surface area contributed by atoms with E-state index in [0.717, 1.165) is 0 Å². The molecule has 2 heterocycles. The van der Waals surface area contributed by atoms with Gasteiger partial charge in [0.25, 0.3) is 5.91 Å². The van der Waals surface area contributed by atoms with Crippen molar-refractivity contribution < 1.29 is 28.2 Å². The molecule has 11 heteroatoms. The summed E-state index contributed by atoms with van der Waals surface area (Å²) in [5, 5.41) is 11.0. The van der Waals surface area contributed by atoms with Crippen LogP contribution < -0.4 is 14.2 Å². The van der Waals surface area contributed by atoms with Crippen LogP contribution in [0.2, 0.25) is 5.02 Å². The lowest BCUT2D eigenvalue weighted by Crippen LogP contribution is -2.38. The van der Waals surface area contributed by atoms with Gasteiger partial charge in [-0.25, -0.2) is 9.18 Å². The minimum atomic E-state index is -0.651. The number of rotatable bonds is 6. The first-order valence-electron chi connectivity index (χ1n) is 11.4. The van der Waals surface area contributed by atoms with Crippen LogP contribution >= 0.6 is 23.4 Å². The fourth-order valence-corrected chi connectivity index (χ4v) is 5.02. The third-order valence-electron chi connectivity index (χ3n) is 5.84. The van der Waals surface area contributed by atoms with E-state index in [1.165, 1.54) is 73.4 Å². The molecule has 1 N–H and O–H groups in total. The zero-order valence-electron chi connectivity index (χ0n) is 20.5. The molecule has 5 rings (SSSR count). The van der Waals surface area contributed by atoms with Gasteiger partial charge in [-0.05, 0) is 71.8 Å². The summed E-state index contributed by atoms with van der Waals surface area (Å²) in [5.74, 6) is -0.727. The van der Waals surface area contributed by atoms with Crippen LogP contribution in [-0.2, 0) is 4.79 Å². The number of amidine groups is 2. The first kappa shape index (κ1) is 26.2. The molecule has 196 valence electrons.